The fourth-order valence-electron chi connectivity index (χ4n) is 2.67. The third-order valence-electron chi connectivity index (χ3n) is 4.48. The number of nitrogens with one attached hydrogen (secondary N) is 1. The lowest BCUT2D eigenvalue weighted by molar-refractivity contribution is 0.320. The highest BCUT2D eigenvalue weighted by molar-refractivity contribution is 4.99. The van der Waals surface area contributed by atoms with Gasteiger partial charge in [-0.2, -0.15) is 5.10 Å². The van der Waals surface area contributed by atoms with Gasteiger partial charge in [0.1, 0.15) is 0 Å². The quantitative estimate of drug-likeness (QED) is 0.843. The van der Waals surface area contributed by atoms with Crippen LogP contribution in [0.5, 0.6) is 0 Å². The van der Waals surface area contributed by atoms with Crippen LogP contribution in [0.3, 0.4) is 0 Å². The lowest BCUT2D eigenvalue weighted by Gasteiger charge is -2.23. The van der Waals surface area contributed by atoms with Crippen LogP contribution in [0.1, 0.15) is 71.0 Å². The Morgan fingerprint density at radius 3 is 2.74 bits per heavy atom. The van der Waals surface area contributed by atoms with Crippen molar-refractivity contribution in [3.05, 3.63) is 18.0 Å². The van der Waals surface area contributed by atoms with Gasteiger partial charge in [-0.25, -0.2) is 0 Å². The minimum Gasteiger partial charge on any atom is -0.311 e. The molecule has 0 radical (unpaired) electrons. The van der Waals surface area contributed by atoms with Crippen molar-refractivity contribution in [2.24, 2.45) is 5.41 Å². The Bertz CT molecular complexity index is 375. The van der Waals surface area contributed by atoms with E-state index in [1.807, 2.05) is 0 Å². The zero-order valence-corrected chi connectivity index (χ0v) is 12.8. The second-order valence-electron chi connectivity index (χ2n) is 6.70. The molecule has 3 heteroatoms. The number of hydrogen-bond donors (Lipinski definition) is 1. The third kappa shape index (κ3) is 4.34. The van der Waals surface area contributed by atoms with Crippen LogP contribution < -0.4 is 5.32 Å². The maximum atomic E-state index is 4.73. The normalized spacial score (nSPS) is 17.8. The maximum absolute atomic E-state index is 4.73. The van der Waals surface area contributed by atoms with E-state index in [4.69, 9.17) is 5.10 Å². The summed E-state index contributed by atoms with van der Waals surface area (Å²) in [5.41, 5.74) is 1.56. The fourth-order valence-corrected chi connectivity index (χ4v) is 2.67. The molecule has 0 spiro atoms. The van der Waals surface area contributed by atoms with Crippen molar-refractivity contribution in [3.8, 4) is 0 Å². The van der Waals surface area contributed by atoms with Crippen LogP contribution in [-0.2, 0) is 6.54 Å². The van der Waals surface area contributed by atoms with Gasteiger partial charge in [0.2, 0.25) is 0 Å². The summed E-state index contributed by atoms with van der Waals surface area (Å²) in [6.07, 6.45) is 10.1. The average molecular weight is 263 g/mol. The topological polar surface area (TPSA) is 29.9 Å². The number of nitrogens with zero attached hydrogens (tertiary/aromatic N) is 2. The van der Waals surface area contributed by atoms with Crippen molar-refractivity contribution in [1.29, 1.82) is 0 Å². The van der Waals surface area contributed by atoms with Crippen LogP contribution >= 0.6 is 0 Å². The van der Waals surface area contributed by atoms with Crippen LogP contribution in [-0.4, -0.2) is 16.3 Å². The van der Waals surface area contributed by atoms with Crippen molar-refractivity contribution in [1.82, 2.24) is 15.1 Å². The minimum atomic E-state index is 0.381. The summed E-state index contributed by atoms with van der Waals surface area (Å²) in [5.74, 6) is 0. The van der Waals surface area contributed by atoms with Crippen LogP contribution in [0.15, 0.2) is 12.3 Å². The first-order chi connectivity index (χ1) is 9.11. The molecule has 0 amide bonds. The second-order valence-corrected chi connectivity index (χ2v) is 6.70. The predicted molar refractivity (Wildman–Crippen MR) is 80.1 cm³/mol. The molecule has 1 heterocycles. The standard InChI is InChI=1S/C16H29N3/c1-4-16(2,3)13-17-12-14-10-11-19(18-14)15-8-6-5-7-9-15/h10-11,15,17H,4-9,12-13H2,1-3H3. The van der Waals surface area contributed by atoms with Gasteiger partial charge in [-0.1, -0.05) is 40.0 Å². The van der Waals surface area contributed by atoms with E-state index in [2.05, 4.69) is 43.0 Å². The minimum absolute atomic E-state index is 0.381. The van der Waals surface area contributed by atoms with Crippen LogP contribution in [0, 0.1) is 5.41 Å². The molecule has 0 bridgehead atoms. The summed E-state index contributed by atoms with van der Waals surface area (Å²) in [5, 5.41) is 8.27. The van der Waals surface area contributed by atoms with E-state index in [0.717, 1.165) is 13.1 Å². The Hall–Kier alpha value is -0.830. The SMILES string of the molecule is CCC(C)(C)CNCc1ccn(C2CCCCC2)n1. The smallest absolute Gasteiger partial charge is 0.0762 e. The van der Waals surface area contributed by atoms with Gasteiger partial charge in [-0.15, -0.1) is 0 Å². The Morgan fingerprint density at radius 1 is 1.32 bits per heavy atom. The van der Waals surface area contributed by atoms with Crippen molar-refractivity contribution >= 4 is 0 Å². The van der Waals surface area contributed by atoms with Gasteiger partial charge in [0.15, 0.2) is 0 Å². The number of aromatic nitrogens is 2. The summed E-state index contributed by atoms with van der Waals surface area (Å²) in [4.78, 5) is 0. The van der Waals surface area contributed by atoms with E-state index in [-0.39, 0.29) is 0 Å². The zero-order valence-electron chi connectivity index (χ0n) is 12.8. The molecule has 108 valence electrons. The van der Waals surface area contributed by atoms with Crippen molar-refractivity contribution in [2.45, 2.75) is 71.9 Å². The summed E-state index contributed by atoms with van der Waals surface area (Å²) >= 11 is 0. The Morgan fingerprint density at radius 2 is 2.05 bits per heavy atom. The molecule has 1 fully saturated rings. The fraction of sp³-hybridized carbons (Fsp3) is 0.812. The van der Waals surface area contributed by atoms with Gasteiger partial charge < -0.3 is 5.32 Å². The molecule has 19 heavy (non-hydrogen) atoms. The molecular formula is C16H29N3. The average Bonchev–Trinajstić information content (AvgIpc) is 2.88. The Balaban J connectivity index is 1.80. The van der Waals surface area contributed by atoms with E-state index >= 15 is 0 Å². The number of hydrogen-bond acceptors (Lipinski definition) is 2. The van der Waals surface area contributed by atoms with Crippen LogP contribution in [0.4, 0.5) is 0 Å². The highest BCUT2D eigenvalue weighted by Gasteiger charge is 2.17. The summed E-state index contributed by atoms with van der Waals surface area (Å²) in [6, 6.07) is 2.81. The largest absolute Gasteiger partial charge is 0.311 e. The van der Waals surface area contributed by atoms with E-state index in [9.17, 15) is 0 Å². The first-order valence-corrected chi connectivity index (χ1v) is 7.85. The molecule has 2 rings (SSSR count). The molecule has 1 aromatic heterocycles. The van der Waals surface area contributed by atoms with Crippen molar-refractivity contribution < 1.29 is 0 Å². The van der Waals surface area contributed by atoms with Gasteiger partial charge in [-0.3, -0.25) is 4.68 Å². The highest BCUT2D eigenvalue weighted by atomic mass is 15.3. The molecule has 0 aromatic carbocycles. The molecular weight excluding hydrogens is 234 g/mol. The molecule has 1 N–H and O–H groups in total. The molecule has 0 unspecified atom stereocenters. The molecule has 1 aromatic rings. The third-order valence-corrected chi connectivity index (χ3v) is 4.48. The maximum Gasteiger partial charge on any atom is 0.0762 e. The van der Waals surface area contributed by atoms with Crippen molar-refractivity contribution in [3.63, 3.8) is 0 Å². The lowest BCUT2D eigenvalue weighted by atomic mass is 9.90. The van der Waals surface area contributed by atoms with Gasteiger partial charge in [0.25, 0.3) is 0 Å². The summed E-state index contributed by atoms with van der Waals surface area (Å²) in [7, 11) is 0. The molecule has 1 aliphatic carbocycles. The molecule has 1 aliphatic rings. The summed E-state index contributed by atoms with van der Waals surface area (Å²) in [6.45, 7) is 8.81. The first-order valence-electron chi connectivity index (χ1n) is 7.85. The van der Waals surface area contributed by atoms with E-state index in [1.54, 1.807) is 0 Å². The monoisotopic (exact) mass is 263 g/mol. The Labute approximate surface area is 117 Å². The van der Waals surface area contributed by atoms with E-state index in [0.29, 0.717) is 11.5 Å². The van der Waals surface area contributed by atoms with E-state index in [1.165, 1.54) is 44.2 Å². The highest BCUT2D eigenvalue weighted by Crippen LogP contribution is 2.27. The molecule has 0 atom stereocenters. The zero-order chi connectivity index (χ0) is 13.7. The molecule has 1 saturated carbocycles. The molecule has 3 nitrogen and oxygen atoms in total. The predicted octanol–water partition coefficient (Wildman–Crippen LogP) is 3.91. The van der Waals surface area contributed by atoms with Gasteiger partial charge in [0.05, 0.1) is 11.7 Å². The Kier molecular flexibility index (Phi) is 5.03. The van der Waals surface area contributed by atoms with Gasteiger partial charge in [0, 0.05) is 19.3 Å². The van der Waals surface area contributed by atoms with Crippen LogP contribution in [0.25, 0.3) is 0 Å². The van der Waals surface area contributed by atoms with Crippen LogP contribution in [0.2, 0.25) is 0 Å². The molecule has 0 aliphatic heterocycles. The molecule has 0 saturated heterocycles. The lowest BCUT2D eigenvalue weighted by Crippen LogP contribution is -2.28. The summed E-state index contributed by atoms with van der Waals surface area (Å²) < 4.78 is 2.20. The second kappa shape index (κ2) is 6.56. The van der Waals surface area contributed by atoms with E-state index < -0.39 is 0 Å². The first kappa shape index (κ1) is 14.6. The number of rotatable bonds is 6. The van der Waals surface area contributed by atoms with Gasteiger partial charge in [-0.05, 0) is 30.7 Å². The van der Waals surface area contributed by atoms with Gasteiger partial charge >= 0.3 is 0 Å². The van der Waals surface area contributed by atoms with Crippen molar-refractivity contribution in [2.75, 3.05) is 6.54 Å².